The monoisotopic (exact) mass is 176 g/mol. The third-order valence-electron chi connectivity index (χ3n) is 2.13. The Balaban J connectivity index is 2.66. The van der Waals surface area contributed by atoms with Gasteiger partial charge in [0.05, 0.1) is 0 Å². The molecule has 0 aromatic carbocycles. The van der Waals surface area contributed by atoms with E-state index in [1.54, 1.807) is 6.20 Å². The molecule has 1 N–H and O–H groups in total. The van der Waals surface area contributed by atoms with Gasteiger partial charge in [0, 0.05) is 17.3 Å². The van der Waals surface area contributed by atoms with Crippen molar-refractivity contribution in [2.24, 2.45) is 0 Å². The third kappa shape index (κ3) is 1.26. The maximum Gasteiger partial charge on any atom is 0.175 e. The Hall–Kier alpha value is -1.51. The van der Waals surface area contributed by atoms with Crippen molar-refractivity contribution in [3.63, 3.8) is 0 Å². The highest BCUT2D eigenvalue weighted by Gasteiger charge is 2.05. The third-order valence-corrected chi connectivity index (χ3v) is 2.13. The van der Waals surface area contributed by atoms with Crippen molar-refractivity contribution in [3.8, 4) is 0 Å². The maximum atomic E-state index is 9.37. The second-order valence-corrected chi connectivity index (χ2v) is 3.46. The molecule has 0 saturated carbocycles. The minimum absolute atomic E-state index is 0.388. The van der Waals surface area contributed by atoms with Crippen molar-refractivity contribution >= 4 is 11.0 Å². The summed E-state index contributed by atoms with van der Waals surface area (Å²) in [6.07, 6.45) is 1.60. The van der Waals surface area contributed by atoms with Gasteiger partial charge in [0.15, 0.2) is 5.65 Å². The smallest absolute Gasteiger partial charge is 0.175 e. The average molecular weight is 176 g/mol. The summed E-state index contributed by atoms with van der Waals surface area (Å²) in [6, 6.07) is 5.81. The molecule has 3 heteroatoms. The fourth-order valence-electron chi connectivity index (χ4n) is 1.33. The average Bonchev–Trinajstić information content (AvgIpc) is 2.47. The Kier molecular flexibility index (Phi) is 1.72. The molecule has 0 saturated heterocycles. The molecule has 0 aliphatic carbocycles. The van der Waals surface area contributed by atoms with Gasteiger partial charge < -0.3 is 5.21 Å². The van der Waals surface area contributed by atoms with E-state index in [9.17, 15) is 5.21 Å². The van der Waals surface area contributed by atoms with Crippen LogP contribution in [0.1, 0.15) is 25.5 Å². The molecule has 0 spiro atoms. The van der Waals surface area contributed by atoms with Crippen LogP contribution in [0.2, 0.25) is 0 Å². The van der Waals surface area contributed by atoms with Crippen LogP contribution in [-0.2, 0) is 0 Å². The Labute approximate surface area is 76.6 Å². The number of hydrogen-bond donors (Lipinski definition) is 1. The van der Waals surface area contributed by atoms with E-state index in [1.165, 1.54) is 0 Å². The highest BCUT2D eigenvalue weighted by molar-refractivity contribution is 5.75. The van der Waals surface area contributed by atoms with Gasteiger partial charge in [-0.15, -0.1) is 0 Å². The number of pyridine rings is 1. The summed E-state index contributed by atoms with van der Waals surface area (Å²) in [6.45, 7) is 4.16. The fraction of sp³-hybridized carbons (Fsp3) is 0.300. The van der Waals surface area contributed by atoms with E-state index in [0.29, 0.717) is 11.6 Å². The molecule has 2 heterocycles. The number of aromatic nitrogens is 2. The van der Waals surface area contributed by atoms with E-state index in [1.807, 2.05) is 18.2 Å². The summed E-state index contributed by atoms with van der Waals surface area (Å²) in [5.74, 6) is 0.388. The zero-order chi connectivity index (χ0) is 9.42. The van der Waals surface area contributed by atoms with E-state index in [2.05, 4.69) is 18.8 Å². The van der Waals surface area contributed by atoms with Gasteiger partial charge in [-0.1, -0.05) is 13.8 Å². The van der Waals surface area contributed by atoms with Crippen molar-refractivity contribution in [2.75, 3.05) is 0 Å². The molecule has 0 atom stereocenters. The number of fused-ring (bicyclic) bond motifs is 1. The summed E-state index contributed by atoms with van der Waals surface area (Å²) in [5.41, 5.74) is 1.63. The van der Waals surface area contributed by atoms with Gasteiger partial charge in [-0.05, 0) is 24.1 Å². The van der Waals surface area contributed by atoms with Crippen LogP contribution in [-0.4, -0.2) is 14.9 Å². The van der Waals surface area contributed by atoms with Crippen molar-refractivity contribution in [2.45, 2.75) is 19.8 Å². The molecule has 68 valence electrons. The van der Waals surface area contributed by atoms with Gasteiger partial charge in [-0.3, -0.25) is 0 Å². The Morgan fingerprint density at radius 2 is 2.08 bits per heavy atom. The molecule has 0 amide bonds. The van der Waals surface area contributed by atoms with Crippen LogP contribution < -0.4 is 0 Å². The summed E-state index contributed by atoms with van der Waals surface area (Å²) < 4.78 is 1.06. The van der Waals surface area contributed by atoms with Crippen LogP contribution in [0.3, 0.4) is 0 Å². The quantitative estimate of drug-likeness (QED) is 0.677. The lowest BCUT2D eigenvalue weighted by Crippen LogP contribution is -1.95. The summed E-state index contributed by atoms with van der Waals surface area (Å²) in [7, 11) is 0. The summed E-state index contributed by atoms with van der Waals surface area (Å²) in [5, 5.41) is 10.3. The Bertz CT molecular complexity index is 431. The van der Waals surface area contributed by atoms with E-state index in [4.69, 9.17) is 0 Å². The second kappa shape index (κ2) is 2.76. The topological polar surface area (TPSA) is 38.0 Å². The molecule has 0 fully saturated rings. The second-order valence-electron chi connectivity index (χ2n) is 3.46. The van der Waals surface area contributed by atoms with Crippen LogP contribution in [0.4, 0.5) is 0 Å². The van der Waals surface area contributed by atoms with Crippen molar-refractivity contribution in [3.05, 3.63) is 30.1 Å². The minimum Gasteiger partial charge on any atom is -0.427 e. The summed E-state index contributed by atoms with van der Waals surface area (Å²) >= 11 is 0. The van der Waals surface area contributed by atoms with Crippen LogP contribution in [0.25, 0.3) is 11.0 Å². The highest BCUT2D eigenvalue weighted by atomic mass is 16.5. The normalized spacial score (nSPS) is 11.3. The molecular weight excluding hydrogens is 164 g/mol. The zero-order valence-electron chi connectivity index (χ0n) is 7.73. The first-order valence-electron chi connectivity index (χ1n) is 4.36. The van der Waals surface area contributed by atoms with E-state index in [-0.39, 0.29) is 0 Å². The fourth-order valence-corrected chi connectivity index (χ4v) is 1.33. The van der Waals surface area contributed by atoms with Crippen molar-refractivity contribution < 1.29 is 5.21 Å². The molecule has 0 radical (unpaired) electrons. The lowest BCUT2D eigenvalue weighted by molar-refractivity contribution is 0.198. The van der Waals surface area contributed by atoms with Gasteiger partial charge in [0.1, 0.15) is 0 Å². The predicted octanol–water partition coefficient (Wildman–Crippen LogP) is 2.40. The zero-order valence-corrected chi connectivity index (χ0v) is 7.73. The summed E-state index contributed by atoms with van der Waals surface area (Å²) in [4.78, 5) is 4.35. The lowest BCUT2D eigenvalue weighted by Gasteiger charge is -2.03. The molecule has 2 aromatic heterocycles. The Morgan fingerprint density at radius 3 is 2.77 bits per heavy atom. The Morgan fingerprint density at radius 1 is 1.31 bits per heavy atom. The maximum absolute atomic E-state index is 9.37. The standard InChI is InChI=1S/C10H12N2O/c1-7(2)9-4-3-8-5-6-12(13)10(8)11-9/h3-7,13H,1-2H3. The molecule has 0 aliphatic rings. The van der Waals surface area contributed by atoms with Crippen LogP contribution in [0, 0.1) is 0 Å². The lowest BCUT2D eigenvalue weighted by atomic mass is 10.1. The number of rotatable bonds is 1. The number of nitrogens with zero attached hydrogens (tertiary/aromatic N) is 2. The van der Waals surface area contributed by atoms with E-state index in [0.717, 1.165) is 15.8 Å². The van der Waals surface area contributed by atoms with Gasteiger partial charge >= 0.3 is 0 Å². The van der Waals surface area contributed by atoms with Crippen LogP contribution in [0.15, 0.2) is 24.4 Å². The molecule has 2 rings (SSSR count). The van der Waals surface area contributed by atoms with E-state index < -0.39 is 0 Å². The van der Waals surface area contributed by atoms with Gasteiger partial charge in [0.25, 0.3) is 0 Å². The van der Waals surface area contributed by atoms with Crippen molar-refractivity contribution in [1.29, 1.82) is 0 Å². The van der Waals surface area contributed by atoms with E-state index >= 15 is 0 Å². The largest absolute Gasteiger partial charge is 0.427 e. The van der Waals surface area contributed by atoms with Gasteiger partial charge in [-0.2, -0.15) is 4.73 Å². The highest BCUT2D eigenvalue weighted by Crippen LogP contribution is 2.17. The first-order valence-corrected chi connectivity index (χ1v) is 4.36. The molecular formula is C10H12N2O. The van der Waals surface area contributed by atoms with Crippen LogP contribution >= 0.6 is 0 Å². The van der Waals surface area contributed by atoms with Crippen LogP contribution in [0.5, 0.6) is 0 Å². The molecule has 0 aliphatic heterocycles. The minimum atomic E-state index is 0.388. The molecule has 2 aromatic rings. The van der Waals surface area contributed by atoms with Crippen molar-refractivity contribution in [1.82, 2.24) is 9.71 Å². The molecule has 0 bridgehead atoms. The molecule has 13 heavy (non-hydrogen) atoms. The SMILES string of the molecule is CC(C)c1ccc2ccn(O)c2n1. The molecule has 3 nitrogen and oxygen atoms in total. The molecule has 0 unspecified atom stereocenters. The first-order chi connectivity index (χ1) is 6.18. The number of hydrogen-bond acceptors (Lipinski definition) is 2. The predicted molar refractivity (Wildman–Crippen MR) is 51.0 cm³/mol. The van der Waals surface area contributed by atoms with Gasteiger partial charge in [0.2, 0.25) is 0 Å². The van der Waals surface area contributed by atoms with Gasteiger partial charge in [-0.25, -0.2) is 4.98 Å². The first kappa shape index (κ1) is 8.10.